The molecule has 0 aliphatic carbocycles. The van der Waals surface area contributed by atoms with E-state index in [-0.39, 0.29) is 0 Å². The summed E-state index contributed by atoms with van der Waals surface area (Å²) in [6, 6.07) is 58.0. The maximum absolute atomic E-state index is 3.14. The molecule has 0 spiro atoms. The highest BCUT2D eigenvalue weighted by molar-refractivity contribution is 7.80. The fourth-order valence-electron chi connectivity index (χ4n) is 6.56. The van der Waals surface area contributed by atoms with Crippen LogP contribution < -0.4 is 21.2 Å². The predicted octanol–water partition coefficient (Wildman–Crippen LogP) is 9.18. The molecule has 0 aliphatic rings. The lowest BCUT2D eigenvalue weighted by molar-refractivity contribution is 1.64. The normalized spacial score (nSPS) is 11.7. The van der Waals surface area contributed by atoms with Gasteiger partial charge in [0.25, 0.3) is 0 Å². The molecule has 0 fully saturated rings. The fourth-order valence-corrected chi connectivity index (χ4v) is 9.62. The summed E-state index contributed by atoms with van der Waals surface area (Å²) in [5.74, 6) is 0. The van der Waals surface area contributed by atoms with Gasteiger partial charge in [0.1, 0.15) is 0 Å². The molecule has 8 aromatic carbocycles. The lowest BCUT2D eigenvalue weighted by Crippen LogP contribution is -2.22. The minimum absolute atomic E-state index is 0.845. The van der Waals surface area contributed by atoms with Crippen LogP contribution in [0.25, 0.3) is 54.6 Å². The van der Waals surface area contributed by atoms with E-state index in [1.165, 1.54) is 75.8 Å². The van der Waals surface area contributed by atoms with Crippen molar-refractivity contribution in [3.8, 4) is 22.3 Å². The summed E-state index contributed by atoms with van der Waals surface area (Å²) in [5.41, 5.74) is 5.08. The molecule has 1 atom stereocenters. The molecule has 0 amide bonds. The molecule has 0 aliphatic heterocycles. The van der Waals surface area contributed by atoms with E-state index < -0.39 is 7.92 Å². The zero-order chi connectivity index (χ0) is 28.0. The molecular weight excluding hydrogens is 542 g/mol. The van der Waals surface area contributed by atoms with Crippen LogP contribution in [0.2, 0.25) is 0 Å². The van der Waals surface area contributed by atoms with E-state index in [9.17, 15) is 0 Å². The fraction of sp³-hybridized carbons (Fsp3) is 0. The smallest absolute Gasteiger partial charge is 0.000231 e. The topological polar surface area (TPSA) is 0 Å². The van der Waals surface area contributed by atoms with Gasteiger partial charge >= 0.3 is 0 Å². The summed E-state index contributed by atoms with van der Waals surface area (Å²) < 4.78 is 0. The van der Waals surface area contributed by atoms with Gasteiger partial charge in [-0.3, -0.25) is 0 Å². The summed E-state index contributed by atoms with van der Waals surface area (Å²) in [4.78, 5) is 0. The van der Waals surface area contributed by atoms with E-state index in [4.69, 9.17) is 0 Å². The monoisotopic (exact) mass is 570 g/mol. The molecule has 8 rings (SSSR count). The Kier molecular flexibility index (Phi) is 6.34. The van der Waals surface area contributed by atoms with Crippen LogP contribution in [-0.2, 0) is 0 Å². The van der Waals surface area contributed by atoms with Gasteiger partial charge in [0.05, 0.1) is 0 Å². The molecule has 1 unspecified atom stereocenters. The van der Waals surface area contributed by atoms with E-state index in [0.29, 0.717) is 0 Å². The van der Waals surface area contributed by atoms with Crippen molar-refractivity contribution < 1.29 is 0 Å². The Labute approximate surface area is 250 Å². The quantitative estimate of drug-likeness (QED) is 0.143. The molecule has 0 nitrogen and oxygen atoms in total. The first kappa shape index (κ1) is 25.4. The number of rotatable bonds is 5. The zero-order valence-electron chi connectivity index (χ0n) is 23.0. The summed E-state index contributed by atoms with van der Waals surface area (Å²) >= 11 is 0. The van der Waals surface area contributed by atoms with Gasteiger partial charge in [-0.25, -0.2) is 0 Å². The van der Waals surface area contributed by atoms with Crippen LogP contribution >= 0.6 is 17.2 Å². The third-order valence-electron chi connectivity index (χ3n) is 8.33. The summed E-state index contributed by atoms with van der Waals surface area (Å²) in [6.07, 6.45) is 0. The second-order valence-electron chi connectivity index (χ2n) is 10.7. The highest BCUT2D eigenvalue weighted by Crippen LogP contribution is 2.47. The number of hydrogen-bond acceptors (Lipinski definition) is 0. The molecule has 0 saturated heterocycles. The van der Waals surface area contributed by atoms with Crippen LogP contribution in [0.4, 0.5) is 0 Å². The maximum Gasteiger partial charge on any atom is -0.000231 e. The average Bonchev–Trinajstić information content (AvgIpc) is 3.06. The van der Waals surface area contributed by atoms with Crippen molar-refractivity contribution in [3.63, 3.8) is 0 Å². The van der Waals surface area contributed by atoms with Crippen LogP contribution in [0.15, 0.2) is 158 Å². The van der Waals surface area contributed by atoms with Crippen molar-refractivity contribution in [1.82, 2.24) is 0 Å². The van der Waals surface area contributed by atoms with Gasteiger partial charge in [0, 0.05) is 0 Å². The second-order valence-corrected chi connectivity index (χ2v) is 13.5. The van der Waals surface area contributed by atoms with E-state index in [2.05, 4.69) is 167 Å². The Morgan fingerprint density at radius 1 is 0.405 bits per heavy atom. The molecule has 0 bridgehead atoms. The van der Waals surface area contributed by atoms with Gasteiger partial charge in [0.15, 0.2) is 0 Å². The Hall–Kier alpha value is -4.34. The Bertz CT molecular complexity index is 2130. The van der Waals surface area contributed by atoms with Crippen LogP contribution in [0.1, 0.15) is 0 Å². The lowest BCUT2D eigenvalue weighted by Gasteiger charge is -2.27. The van der Waals surface area contributed by atoms with Crippen molar-refractivity contribution in [1.29, 1.82) is 0 Å². The largest absolute Gasteiger partial charge is 0.104 e. The van der Waals surface area contributed by atoms with Crippen molar-refractivity contribution in [2.75, 3.05) is 0 Å². The van der Waals surface area contributed by atoms with E-state index >= 15 is 0 Å². The van der Waals surface area contributed by atoms with Crippen LogP contribution in [0.5, 0.6) is 0 Å². The van der Waals surface area contributed by atoms with E-state index in [1.54, 1.807) is 0 Å². The van der Waals surface area contributed by atoms with Crippen molar-refractivity contribution in [2.45, 2.75) is 0 Å². The SMILES string of the molecule is Pc1c(-c2ccccc2)c(-c2ccccc2)c2c(P(c3ccccc3)c3ccccc3)cc3cccc4ccc1c2c43. The Balaban J connectivity index is 1.65. The third kappa shape index (κ3) is 4.06. The molecule has 42 heavy (non-hydrogen) atoms. The standard InChI is InChI=1S/C40H28P2/c41-40-33-25-24-29-18-13-19-30-26-34(42(31-20-9-3-10-21-31)32-22-11-4-12-23-32)39(38(33)35(29)30)36(27-14-5-1-6-15-27)37(40)28-16-7-2-8-17-28/h1-26H,41H2. The van der Waals surface area contributed by atoms with Gasteiger partial charge in [0.2, 0.25) is 0 Å². The molecule has 0 heterocycles. The molecule has 198 valence electrons. The lowest BCUT2D eigenvalue weighted by atomic mass is 9.84. The molecule has 2 heteroatoms. The second kappa shape index (κ2) is 10.5. The van der Waals surface area contributed by atoms with E-state index in [0.717, 1.165) is 0 Å². The molecule has 0 radical (unpaired) electrons. The molecule has 0 saturated carbocycles. The first-order valence-corrected chi connectivity index (χ1v) is 16.3. The minimum atomic E-state index is -0.845. The molecule has 0 aromatic heterocycles. The van der Waals surface area contributed by atoms with Gasteiger partial charge in [-0.15, -0.1) is 9.24 Å². The predicted molar refractivity (Wildman–Crippen MR) is 189 cm³/mol. The van der Waals surface area contributed by atoms with E-state index in [1.807, 2.05) is 0 Å². The summed E-state index contributed by atoms with van der Waals surface area (Å²) in [6.45, 7) is 0. The van der Waals surface area contributed by atoms with Gasteiger partial charge in [-0.2, -0.15) is 0 Å². The Morgan fingerprint density at radius 2 is 0.929 bits per heavy atom. The highest BCUT2D eigenvalue weighted by atomic mass is 31.1. The molecular formula is C40H28P2. The number of hydrogen-bond donors (Lipinski definition) is 0. The number of benzene rings is 8. The first-order valence-electron chi connectivity index (χ1n) is 14.3. The molecule has 8 aromatic rings. The van der Waals surface area contributed by atoms with Crippen LogP contribution in [0.3, 0.4) is 0 Å². The van der Waals surface area contributed by atoms with Gasteiger partial charge in [-0.05, 0) is 89.8 Å². The minimum Gasteiger partial charge on any atom is -0.104 e. The highest BCUT2D eigenvalue weighted by Gasteiger charge is 2.27. The summed E-state index contributed by atoms with van der Waals surface area (Å²) in [7, 11) is 2.29. The maximum atomic E-state index is 3.14. The van der Waals surface area contributed by atoms with Gasteiger partial charge in [-0.1, -0.05) is 152 Å². The zero-order valence-corrected chi connectivity index (χ0v) is 25.1. The average molecular weight is 571 g/mol. The first-order chi connectivity index (χ1) is 20.8. The third-order valence-corrected chi connectivity index (χ3v) is 11.4. The van der Waals surface area contributed by atoms with Crippen molar-refractivity contribution >= 4 is 70.7 Å². The molecule has 0 N–H and O–H groups in total. The van der Waals surface area contributed by atoms with Crippen LogP contribution in [0, 0.1) is 0 Å². The van der Waals surface area contributed by atoms with Gasteiger partial charge < -0.3 is 0 Å². The van der Waals surface area contributed by atoms with Crippen molar-refractivity contribution in [2.24, 2.45) is 0 Å². The van der Waals surface area contributed by atoms with Crippen molar-refractivity contribution in [3.05, 3.63) is 158 Å². The van der Waals surface area contributed by atoms with Crippen LogP contribution in [-0.4, -0.2) is 0 Å². The summed E-state index contributed by atoms with van der Waals surface area (Å²) in [5, 5.41) is 13.3. The Morgan fingerprint density at radius 3 is 1.52 bits per heavy atom.